The largest absolute Gasteiger partial charge is 0.516 e. The highest BCUT2D eigenvalue weighted by Gasteiger charge is 2.46. The smallest absolute Gasteiger partial charge is 0.275 e. The van der Waals surface area contributed by atoms with E-state index in [4.69, 9.17) is 0 Å². The van der Waals surface area contributed by atoms with Gasteiger partial charge in [-0.05, 0) is 32.9 Å². The van der Waals surface area contributed by atoms with Gasteiger partial charge in [-0.3, -0.25) is 4.72 Å². The van der Waals surface area contributed by atoms with Gasteiger partial charge in [0.05, 0.1) is 11.4 Å². The molecular weight excluding hydrogens is 345 g/mol. The highest BCUT2D eigenvalue weighted by molar-refractivity contribution is 7.93. The molecule has 0 aliphatic heterocycles. The Morgan fingerprint density at radius 3 is 2.50 bits per heavy atom. The second-order valence-corrected chi connectivity index (χ2v) is 6.40. The topological polar surface area (TPSA) is 74.1 Å². The molecule has 0 atom stereocenters. The molecule has 0 fully saturated rings. The number of aryl methyl sites for hydroxylation is 1. The third-order valence-corrected chi connectivity index (χ3v) is 3.89. The van der Waals surface area contributed by atoms with Gasteiger partial charge in [0.1, 0.15) is 0 Å². The average molecular weight is 362 g/mol. The van der Waals surface area contributed by atoms with Crippen molar-refractivity contribution in [2.45, 2.75) is 26.3 Å². The number of halogens is 3. The van der Waals surface area contributed by atoms with Crippen LogP contribution in [0.3, 0.4) is 0 Å². The standard InChI is InChI=1S/C14H17F3N4O2S/c1-5-8-21(18-4)19-11(3)12-9-10(2)6-7-13(12)20-24(22,23)14(15,16)17/h5-9,20H,4H2,1-3H3/b8-5-,19-11+. The Balaban J connectivity index is 3.37. The molecule has 0 amide bonds. The van der Waals surface area contributed by atoms with Crippen molar-refractivity contribution >= 4 is 28.1 Å². The van der Waals surface area contributed by atoms with E-state index in [1.807, 2.05) is 0 Å². The first-order valence-electron chi connectivity index (χ1n) is 6.66. The molecule has 1 aromatic carbocycles. The lowest BCUT2D eigenvalue weighted by molar-refractivity contribution is -0.0429. The number of anilines is 1. The van der Waals surface area contributed by atoms with Crippen LogP contribution < -0.4 is 4.72 Å². The van der Waals surface area contributed by atoms with Gasteiger partial charge in [0.2, 0.25) is 0 Å². The van der Waals surface area contributed by atoms with E-state index >= 15 is 0 Å². The van der Waals surface area contributed by atoms with Crippen LogP contribution in [-0.2, 0) is 10.0 Å². The summed E-state index contributed by atoms with van der Waals surface area (Å²) in [5.41, 5.74) is -4.48. The molecule has 0 aliphatic rings. The Labute approximate surface area is 138 Å². The summed E-state index contributed by atoms with van der Waals surface area (Å²) in [4.78, 5) is 0. The summed E-state index contributed by atoms with van der Waals surface area (Å²) in [6.45, 7) is 8.27. The quantitative estimate of drug-likeness (QED) is 0.622. The van der Waals surface area contributed by atoms with Gasteiger partial charge in [0.25, 0.3) is 0 Å². The second kappa shape index (κ2) is 7.47. The average Bonchev–Trinajstić information content (AvgIpc) is 2.47. The van der Waals surface area contributed by atoms with E-state index in [0.29, 0.717) is 0 Å². The van der Waals surface area contributed by atoms with Gasteiger partial charge in [-0.25, -0.2) is 0 Å². The Kier molecular flexibility index (Phi) is 6.13. The van der Waals surface area contributed by atoms with Crippen molar-refractivity contribution in [2.75, 3.05) is 4.72 Å². The van der Waals surface area contributed by atoms with E-state index in [0.717, 1.165) is 10.7 Å². The molecule has 132 valence electrons. The minimum Gasteiger partial charge on any atom is -0.275 e. The minimum absolute atomic E-state index is 0.195. The van der Waals surface area contributed by atoms with Gasteiger partial charge in [-0.15, -0.1) is 0 Å². The fraction of sp³-hybridized carbons (Fsp3) is 0.286. The Morgan fingerprint density at radius 2 is 2.00 bits per heavy atom. The number of hydrogen-bond acceptors (Lipinski definition) is 5. The summed E-state index contributed by atoms with van der Waals surface area (Å²) in [5.74, 6) is 0. The number of sulfonamides is 1. The molecule has 0 bridgehead atoms. The zero-order valence-corrected chi connectivity index (χ0v) is 14.1. The number of hydrogen-bond donors (Lipinski definition) is 1. The first-order valence-corrected chi connectivity index (χ1v) is 8.14. The van der Waals surface area contributed by atoms with Crippen LogP contribution in [-0.4, -0.2) is 31.5 Å². The van der Waals surface area contributed by atoms with Gasteiger partial charge in [0.15, 0.2) is 0 Å². The van der Waals surface area contributed by atoms with Crippen LogP contribution in [0.25, 0.3) is 0 Å². The summed E-state index contributed by atoms with van der Waals surface area (Å²) in [5, 5.41) is 8.78. The van der Waals surface area contributed by atoms with Crippen molar-refractivity contribution in [3.63, 3.8) is 0 Å². The monoisotopic (exact) mass is 362 g/mol. The molecule has 0 aromatic heterocycles. The van der Waals surface area contributed by atoms with Crippen molar-refractivity contribution in [1.29, 1.82) is 0 Å². The molecule has 6 nitrogen and oxygen atoms in total. The molecule has 1 N–H and O–H groups in total. The molecule has 0 unspecified atom stereocenters. The van der Waals surface area contributed by atoms with Gasteiger partial charge in [0, 0.05) is 18.5 Å². The molecule has 24 heavy (non-hydrogen) atoms. The number of benzene rings is 1. The van der Waals surface area contributed by atoms with Crippen molar-refractivity contribution in [1.82, 2.24) is 5.12 Å². The summed E-state index contributed by atoms with van der Waals surface area (Å²) in [6, 6.07) is 4.25. The summed E-state index contributed by atoms with van der Waals surface area (Å²) >= 11 is 0. The predicted octanol–water partition coefficient (Wildman–Crippen LogP) is 3.43. The maximum absolute atomic E-state index is 12.6. The zero-order valence-electron chi connectivity index (χ0n) is 13.3. The second-order valence-electron chi connectivity index (χ2n) is 4.73. The lowest BCUT2D eigenvalue weighted by atomic mass is 10.1. The first-order chi connectivity index (χ1) is 11.0. The number of hydrazone groups is 2. The molecule has 0 spiro atoms. The fourth-order valence-corrected chi connectivity index (χ4v) is 2.29. The molecule has 0 saturated carbocycles. The van der Waals surface area contributed by atoms with E-state index in [1.54, 1.807) is 24.6 Å². The van der Waals surface area contributed by atoms with Crippen molar-refractivity contribution in [3.8, 4) is 0 Å². The normalized spacial score (nSPS) is 13.2. The summed E-state index contributed by atoms with van der Waals surface area (Å²) < 4.78 is 61.9. The number of nitrogens with one attached hydrogen (secondary N) is 1. The SMILES string of the molecule is C=NN(/C=C\C)/N=C(\C)c1cc(C)ccc1NS(=O)(=O)C(F)(F)F. The molecule has 0 heterocycles. The fourth-order valence-electron chi connectivity index (χ4n) is 1.70. The molecular formula is C14H17F3N4O2S. The number of alkyl halides is 3. The molecule has 0 radical (unpaired) electrons. The van der Waals surface area contributed by atoms with Crippen molar-refractivity contribution in [2.24, 2.45) is 10.2 Å². The molecule has 0 aliphatic carbocycles. The van der Waals surface area contributed by atoms with Crippen LogP contribution in [0.5, 0.6) is 0 Å². The molecule has 0 saturated heterocycles. The van der Waals surface area contributed by atoms with Crippen LogP contribution in [0.15, 0.2) is 40.7 Å². The van der Waals surface area contributed by atoms with Crippen LogP contribution in [0.2, 0.25) is 0 Å². The summed E-state index contributed by atoms with van der Waals surface area (Å²) in [6.07, 6.45) is 3.11. The Morgan fingerprint density at radius 1 is 1.38 bits per heavy atom. The van der Waals surface area contributed by atoms with Gasteiger partial charge in [-0.2, -0.15) is 36.9 Å². The minimum atomic E-state index is -5.53. The first kappa shape index (κ1) is 19.7. The van der Waals surface area contributed by atoms with E-state index in [-0.39, 0.29) is 17.0 Å². The van der Waals surface area contributed by atoms with E-state index in [9.17, 15) is 21.6 Å². The lowest BCUT2D eigenvalue weighted by Gasteiger charge is -2.15. The maximum atomic E-state index is 12.6. The number of rotatable bonds is 6. The highest BCUT2D eigenvalue weighted by atomic mass is 32.2. The van der Waals surface area contributed by atoms with Crippen molar-refractivity contribution in [3.05, 3.63) is 41.6 Å². The molecule has 10 heteroatoms. The molecule has 1 rings (SSSR count). The number of nitrogens with zero attached hydrogens (tertiary/aromatic N) is 3. The van der Waals surface area contributed by atoms with E-state index < -0.39 is 15.5 Å². The van der Waals surface area contributed by atoms with Crippen LogP contribution in [0, 0.1) is 6.92 Å². The third-order valence-electron chi connectivity index (χ3n) is 2.79. The lowest BCUT2D eigenvalue weighted by Crippen LogP contribution is -2.30. The Hall–Kier alpha value is -2.36. The summed E-state index contributed by atoms with van der Waals surface area (Å²) in [7, 11) is -5.53. The van der Waals surface area contributed by atoms with Crippen LogP contribution >= 0.6 is 0 Å². The Bertz CT molecular complexity index is 771. The van der Waals surface area contributed by atoms with E-state index in [2.05, 4.69) is 16.9 Å². The molecule has 1 aromatic rings. The van der Waals surface area contributed by atoms with Gasteiger partial charge in [-0.1, -0.05) is 17.7 Å². The van der Waals surface area contributed by atoms with Crippen LogP contribution in [0.4, 0.5) is 18.9 Å². The third kappa shape index (κ3) is 4.82. The highest BCUT2D eigenvalue weighted by Crippen LogP contribution is 2.28. The number of allylic oxidation sites excluding steroid dienone is 1. The van der Waals surface area contributed by atoms with Crippen LogP contribution in [0.1, 0.15) is 25.0 Å². The maximum Gasteiger partial charge on any atom is 0.516 e. The van der Waals surface area contributed by atoms with E-state index in [1.165, 1.54) is 31.3 Å². The van der Waals surface area contributed by atoms with Crippen molar-refractivity contribution < 1.29 is 21.6 Å². The van der Waals surface area contributed by atoms with Gasteiger partial charge < -0.3 is 0 Å². The predicted molar refractivity (Wildman–Crippen MR) is 88.2 cm³/mol. The zero-order chi connectivity index (χ0) is 18.5. The van der Waals surface area contributed by atoms with Gasteiger partial charge >= 0.3 is 15.5 Å².